The summed E-state index contributed by atoms with van der Waals surface area (Å²) in [5.41, 5.74) is 3.19. The molecule has 0 unspecified atom stereocenters. The van der Waals surface area contributed by atoms with E-state index in [4.69, 9.17) is 9.47 Å². The number of hydrogen-bond acceptors (Lipinski definition) is 6. The maximum absolute atomic E-state index is 13.0. The summed E-state index contributed by atoms with van der Waals surface area (Å²) in [6.07, 6.45) is 0. The lowest BCUT2D eigenvalue weighted by atomic mass is 10.2. The number of carbonyl (C=O) groups excluding carboxylic acids is 2. The van der Waals surface area contributed by atoms with Gasteiger partial charge in [0.25, 0.3) is 0 Å². The second-order valence-electron chi connectivity index (χ2n) is 7.14. The number of esters is 1. The minimum absolute atomic E-state index is 0.0258. The molecule has 0 fully saturated rings. The Bertz CT molecular complexity index is 1050. The molecule has 1 aromatic heterocycles. The zero-order chi connectivity index (χ0) is 22.9. The van der Waals surface area contributed by atoms with Crippen molar-refractivity contribution in [1.82, 2.24) is 14.5 Å². The summed E-state index contributed by atoms with van der Waals surface area (Å²) in [7, 11) is 1.63. The lowest BCUT2D eigenvalue weighted by molar-refractivity contribution is -0.129. The zero-order valence-electron chi connectivity index (χ0n) is 18.7. The molecular formula is C24H29N3O4S. The highest BCUT2D eigenvalue weighted by atomic mass is 32.2. The fourth-order valence-electron chi connectivity index (χ4n) is 3.38. The Morgan fingerprint density at radius 3 is 2.59 bits per heavy atom. The van der Waals surface area contributed by atoms with Crippen molar-refractivity contribution in [2.75, 3.05) is 32.6 Å². The van der Waals surface area contributed by atoms with Gasteiger partial charge in [-0.15, -0.1) is 0 Å². The van der Waals surface area contributed by atoms with Gasteiger partial charge in [-0.05, 0) is 37.6 Å². The second-order valence-corrected chi connectivity index (χ2v) is 8.09. The van der Waals surface area contributed by atoms with Gasteiger partial charge in [0.1, 0.15) is 0 Å². The van der Waals surface area contributed by atoms with E-state index < -0.39 is 0 Å². The van der Waals surface area contributed by atoms with Crippen LogP contribution in [0.1, 0.15) is 29.8 Å². The highest BCUT2D eigenvalue weighted by molar-refractivity contribution is 7.99. The lowest BCUT2D eigenvalue weighted by Crippen LogP contribution is -2.34. The van der Waals surface area contributed by atoms with E-state index in [9.17, 15) is 9.59 Å². The molecule has 8 heteroatoms. The second kappa shape index (κ2) is 11.7. The average molecular weight is 456 g/mol. The zero-order valence-corrected chi connectivity index (χ0v) is 19.6. The molecule has 3 rings (SSSR count). The Kier molecular flexibility index (Phi) is 8.70. The van der Waals surface area contributed by atoms with Crippen LogP contribution in [-0.4, -0.2) is 58.9 Å². The SMILES string of the molecule is CCOC(=O)c1ccc2c(c1)nc(SCC(=O)N(CCOC)Cc1ccccc1)n2CC. The number of aromatic nitrogens is 2. The van der Waals surface area contributed by atoms with Crippen molar-refractivity contribution < 1.29 is 19.1 Å². The summed E-state index contributed by atoms with van der Waals surface area (Å²) in [6, 6.07) is 15.3. The normalized spacial score (nSPS) is 11.0. The van der Waals surface area contributed by atoms with E-state index >= 15 is 0 Å². The van der Waals surface area contributed by atoms with E-state index in [2.05, 4.69) is 9.55 Å². The molecule has 0 radical (unpaired) electrons. The number of imidazole rings is 1. The molecule has 2 aromatic carbocycles. The van der Waals surface area contributed by atoms with Crippen LogP contribution in [0.25, 0.3) is 11.0 Å². The third kappa shape index (κ3) is 5.89. The first-order valence-electron chi connectivity index (χ1n) is 10.7. The van der Waals surface area contributed by atoms with Gasteiger partial charge in [-0.25, -0.2) is 9.78 Å². The molecule has 1 heterocycles. The van der Waals surface area contributed by atoms with Crippen molar-refractivity contribution in [3.8, 4) is 0 Å². The van der Waals surface area contributed by atoms with Gasteiger partial charge in [-0.3, -0.25) is 4.79 Å². The molecule has 3 aromatic rings. The Hall–Kier alpha value is -2.84. The number of nitrogens with zero attached hydrogens (tertiary/aromatic N) is 3. The number of aryl methyl sites for hydroxylation is 1. The first-order valence-corrected chi connectivity index (χ1v) is 11.7. The highest BCUT2D eigenvalue weighted by Gasteiger charge is 2.18. The number of hydrogen-bond donors (Lipinski definition) is 0. The number of ether oxygens (including phenoxy) is 2. The standard InChI is InChI=1S/C24H29N3O4S/c1-4-27-21-12-11-19(23(29)31-5-2)15-20(21)25-24(27)32-17-22(28)26(13-14-30-3)16-18-9-7-6-8-10-18/h6-12,15H,4-5,13-14,16-17H2,1-3H3. The maximum atomic E-state index is 13.0. The van der Waals surface area contributed by atoms with Crippen LogP contribution in [0.4, 0.5) is 0 Å². The average Bonchev–Trinajstić information content (AvgIpc) is 3.17. The third-order valence-corrected chi connectivity index (χ3v) is 5.96. The molecule has 0 aliphatic carbocycles. The minimum atomic E-state index is -0.362. The number of fused-ring (bicyclic) bond motifs is 1. The lowest BCUT2D eigenvalue weighted by Gasteiger charge is -2.22. The highest BCUT2D eigenvalue weighted by Crippen LogP contribution is 2.25. The Morgan fingerprint density at radius 2 is 1.91 bits per heavy atom. The number of methoxy groups -OCH3 is 1. The summed E-state index contributed by atoms with van der Waals surface area (Å²) in [4.78, 5) is 31.6. The molecule has 0 saturated heterocycles. The number of carbonyl (C=O) groups is 2. The summed E-state index contributed by atoms with van der Waals surface area (Å²) in [5, 5.41) is 0.753. The quantitative estimate of drug-likeness (QED) is 0.321. The molecule has 0 aliphatic heterocycles. The van der Waals surface area contributed by atoms with E-state index in [1.165, 1.54) is 11.8 Å². The molecule has 0 saturated carbocycles. The van der Waals surface area contributed by atoms with Crippen LogP contribution in [0.2, 0.25) is 0 Å². The summed E-state index contributed by atoms with van der Waals surface area (Å²) >= 11 is 1.41. The third-order valence-electron chi connectivity index (χ3n) is 5.00. The van der Waals surface area contributed by atoms with E-state index in [-0.39, 0.29) is 17.6 Å². The van der Waals surface area contributed by atoms with Crippen molar-refractivity contribution in [2.24, 2.45) is 0 Å². The number of thioether (sulfide) groups is 1. The molecule has 0 N–H and O–H groups in total. The van der Waals surface area contributed by atoms with Crippen molar-refractivity contribution in [3.63, 3.8) is 0 Å². The van der Waals surface area contributed by atoms with Crippen LogP contribution in [0.5, 0.6) is 0 Å². The van der Waals surface area contributed by atoms with Crippen molar-refractivity contribution in [3.05, 3.63) is 59.7 Å². The Labute approximate surface area is 192 Å². The Balaban J connectivity index is 1.75. The number of amides is 1. The summed E-state index contributed by atoms with van der Waals surface area (Å²) < 4.78 is 12.3. The fraction of sp³-hybridized carbons (Fsp3) is 0.375. The van der Waals surface area contributed by atoms with Crippen molar-refractivity contribution >= 4 is 34.7 Å². The molecule has 0 atom stereocenters. The van der Waals surface area contributed by atoms with Gasteiger partial charge in [-0.2, -0.15) is 0 Å². The van der Waals surface area contributed by atoms with Gasteiger partial charge in [-0.1, -0.05) is 42.1 Å². The largest absolute Gasteiger partial charge is 0.462 e. The Morgan fingerprint density at radius 1 is 1.12 bits per heavy atom. The van der Waals surface area contributed by atoms with Gasteiger partial charge < -0.3 is 18.9 Å². The molecule has 32 heavy (non-hydrogen) atoms. The molecule has 0 spiro atoms. The van der Waals surface area contributed by atoms with E-state index in [0.29, 0.717) is 43.9 Å². The van der Waals surface area contributed by atoms with Gasteiger partial charge >= 0.3 is 5.97 Å². The predicted octanol–water partition coefficient (Wildman–Crippen LogP) is 4.00. The van der Waals surface area contributed by atoms with Crippen LogP contribution >= 0.6 is 11.8 Å². The number of rotatable bonds is 11. The first kappa shape index (κ1) is 23.8. The minimum Gasteiger partial charge on any atom is -0.462 e. The van der Waals surface area contributed by atoms with Crippen LogP contribution in [0.3, 0.4) is 0 Å². The van der Waals surface area contributed by atoms with E-state index in [1.54, 1.807) is 26.2 Å². The van der Waals surface area contributed by atoms with Gasteiger partial charge in [0.2, 0.25) is 5.91 Å². The van der Waals surface area contributed by atoms with Crippen LogP contribution in [0, 0.1) is 0 Å². The monoisotopic (exact) mass is 455 g/mol. The predicted molar refractivity (Wildman–Crippen MR) is 126 cm³/mol. The molecule has 170 valence electrons. The summed E-state index contributed by atoms with van der Waals surface area (Å²) in [5.74, 6) is -0.0673. The molecule has 0 aliphatic rings. The molecule has 7 nitrogen and oxygen atoms in total. The van der Waals surface area contributed by atoms with E-state index in [1.807, 2.05) is 48.2 Å². The van der Waals surface area contributed by atoms with Crippen LogP contribution < -0.4 is 0 Å². The van der Waals surface area contributed by atoms with Crippen molar-refractivity contribution in [2.45, 2.75) is 32.1 Å². The first-order chi connectivity index (χ1) is 15.6. The smallest absolute Gasteiger partial charge is 0.338 e. The molecule has 1 amide bonds. The topological polar surface area (TPSA) is 73.7 Å². The maximum Gasteiger partial charge on any atom is 0.338 e. The summed E-state index contributed by atoms with van der Waals surface area (Å²) in [6.45, 7) is 6.39. The number of benzene rings is 2. The van der Waals surface area contributed by atoms with Gasteiger partial charge in [0, 0.05) is 26.7 Å². The fourth-order valence-corrected chi connectivity index (χ4v) is 4.36. The van der Waals surface area contributed by atoms with Crippen LogP contribution in [-0.2, 0) is 27.4 Å². The van der Waals surface area contributed by atoms with Crippen LogP contribution in [0.15, 0.2) is 53.7 Å². The molecular weight excluding hydrogens is 426 g/mol. The van der Waals surface area contributed by atoms with Gasteiger partial charge in [0.15, 0.2) is 5.16 Å². The van der Waals surface area contributed by atoms with E-state index in [0.717, 1.165) is 16.2 Å². The van der Waals surface area contributed by atoms with Gasteiger partial charge in [0.05, 0.1) is 35.6 Å². The molecule has 0 bridgehead atoms. The van der Waals surface area contributed by atoms with Crippen molar-refractivity contribution in [1.29, 1.82) is 0 Å².